The molecule has 0 saturated carbocycles. The van der Waals surface area contributed by atoms with Gasteiger partial charge >= 0.3 is 0 Å². The Labute approximate surface area is 153 Å². The molecule has 0 aliphatic heterocycles. The number of nitrogens with one attached hydrogen (secondary N) is 1. The molecule has 0 radical (unpaired) electrons. The molecule has 4 nitrogen and oxygen atoms in total. The molecule has 2 amide bonds. The number of nitrogens with zero attached hydrogens (tertiary/aromatic N) is 1. The van der Waals surface area contributed by atoms with Gasteiger partial charge in [0.25, 0.3) is 0 Å². The molecule has 0 saturated heterocycles. The second-order valence-electron chi connectivity index (χ2n) is 6.10. The standard InChI is InChI=1S/C20H23ClN2O2/c1-14-7-9-16(10-8-14)12-19(24)23(15(2)20(25)22-3)13-17-5-4-6-18(21)11-17/h4-11,15H,12-13H2,1-3H3,(H,22,25)/t15-/m0/s1. The van der Waals surface area contributed by atoms with Crippen molar-refractivity contribution >= 4 is 23.4 Å². The quantitative estimate of drug-likeness (QED) is 0.860. The van der Waals surface area contributed by atoms with Gasteiger partial charge in [0.15, 0.2) is 0 Å². The predicted molar refractivity (Wildman–Crippen MR) is 100 cm³/mol. The smallest absolute Gasteiger partial charge is 0.242 e. The lowest BCUT2D eigenvalue weighted by Crippen LogP contribution is -2.47. The van der Waals surface area contributed by atoms with E-state index >= 15 is 0 Å². The van der Waals surface area contributed by atoms with Crippen LogP contribution >= 0.6 is 11.6 Å². The molecule has 2 aromatic rings. The lowest BCUT2D eigenvalue weighted by atomic mass is 10.1. The van der Waals surface area contributed by atoms with E-state index in [2.05, 4.69) is 5.32 Å². The van der Waals surface area contributed by atoms with E-state index in [4.69, 9.17) is 11.6 Å². The van der Waals surface area contributed by atoms with Crippen molar-refractivity contribution in [3.63, 3.8) is 0 Å². The monoisotopic (exact) mass is 358 g/mol. The first-order valence-electron chi connectivity index (χ1n) is 8.21. The number of halogens is 1. The molecule has 132 valence electrons. The third kappa shape index (κ3) is 5.33. The Morgan fingerprint density at radius 3 is 2.40 bits per heavy atom. The summed E-state index contributed by atoms with van der Waals surface area (Å²) in [4.78, 5) is 26.5. The van der Waals surface area contributed by atoms with Crippen molar-refractivity contribution in [3.05, 3.63) is 70.2 Å². The summed E-state index contributed by atoms with van der Waals surface area (Å²) in [6, 6.07) is 14.6. The van der Waals surface area contributed by atoms with Gasteiger partial charge in [-0.2, -0.15) is 0 Å². The van der Waals surface area contributed by atoms with E-state index in [1.807, 2.05) is 49.4 Å². The number of benzene rings is 2. The highest BCUT2D eigenvalue weighted by Crippen LogP contribution is 2.16. The van der Waals surface area contributed by atoms with Crippen molar-refractivity contribution in [2.45, 2.75) is 32.9 Å². The van der Waals surface area contributed by atoms with Gasteiger partial charge in [-0.3, -0.25) is 9.59 Å². The molecule has 5 heteroatoms. The number of carbonyl (C=O) groups is 2. The van der Waals surface area contributed by atoms with Crippen LogP contribution in [-0.4, -0.2) is 29.8 Å². The van der Waals surface area contributed by atoms with Crippen molar-refractivity contribution in [2.24, 2.45) is 0 Å². The van der Waals surface area contributed by atoms with E-state index in [0.29, 0.717) is 11.6 Å². The average molecular weight is 359 g/mol. The third-order valence-electron chi connectivity index (χ3n) is 4.13. The lowest BCUT2D eigenvalue weighted by molar-refractivity contribution is -0.139. The maximum absolute atomic E-state index is 12.9. The van der Waals surface area contributed by atoms with E-state index in [1.165, 1.54) is 0 Å². The average Bonchev–Trinajstić information content (AvgIpc) is 2.60. The Hall–Kier alpha value is -2.33. The maximum Gasteiger partial charge on any atom is 0.242 e. The molecule has 0 spiro atoms. The van der Waals surface area contributed by atoms with Crippen molar-refractivity contribution in [1.29, 1.82) is 0 Å². The Morgan fingerprint density at radius 1 is 1.12 bits per heavy atom. The summed E-state index contributed by atoms with van der Waals surface area (Å²) in [6.45, 7) is 4.07. The van der Waals surface area contributed by atoms with Gasteiger partial charge in [0.1, 0.15) is 6.04 Å². The minimum absolute atomic E-state index is 0.0973. The Morgan fingerprint density at radius 2 is 1.80 bits per heavy atom. The SMILES string of the molecule is CNC(=O)[C@H](C)N(Cc1cccc(Cl)c1)C(=O)Cc1ccc(C)cc1. The Kier molecular flexibility index (Phi) is 6.59. The zero-order valence-corrected chi connectivity index (χ0v) is 15.5. The number of hydrogen-bond donors (Lipinski definition) is 1. The Bertz CT molecular complexity index is 744. The summed E-state index contributed by atoms with van der Waals surface area (Å²) < 4.78 is 0. The highest BCUT2D eigenvalue weighted by molar-refractivity contribution is 6.30. The normalized spacial score (nSPS) is 11.7. The third-order valence-corrected chi connectivity index (χ3v) is 4.37. The van der Waals surface area contributed by atoms with Crippen LogP contribution in [0, 0.1) is 6.92 Å². The Balaban J connectivity index is 2.21. The van der Waals surface area contributed by atoms with Crippen LogP contribution in [0.5, 0.6) is 0 Å². The number of carbonyl (C=O) groups excluding carboxylic acids is 2. The first-order valence-corrected chi connectivity index (χ1v) is 8.59. The summed E-state index contributed by atoms with van der Waals surface area (Å²) >= 11 is 6.04. The first-order chi connectivity index (χ1) is 11.9. The van der Waals surface area contributed by atoms with Crippen molar-refractivity contribution in [3.8, 4) is 0 Å². The van der Waals surface area contributed by atoms with Crippen LogP contribution in [0.1, 0.15) is 23.6 Å². The zero-order valence-electron chi connectivity index (χ0n) is 14.8. The van der Waals surface area contributed by atoms with Gasteiger partial charge < -0.3 is 10.2 Å². The van der Waals surface area contributed by atoms with Crippen LogP contribution in [0.4, 0.5) is 0 Å². The molecule has 2 rings (SSSR count). The summed E-state index contributed by atoms with van der Waals surface area (Å²) in [5.74, 6) is -0.292. The van der Waals surface area contributed by atoms with Crippen LogP contribution < -0.4 is 5.32 Å². The molecule has 0 aliphatic rings. The largest absolute Gasteiger partial charge is 0.357 e. The maximum atomic E-state index is 12.9. The first kappa shape index (κ1) is 19.0. The van der Waals surface area contributed by atoms with E-state index < -0.39 is 6.04 Å². The number of amides is 2. The van der Waals surface area contributed by atoms with Gasteiger partial charge in [-0.05, 0) is 37.1 Å². The lowest BCUT2D eigenvalue weighted by Gasteiger charge is -2.28. The van der Waals surface area contributed by atoms with Gasteiger partial charge in [-0.15, -0.1) is 0 Å². The second kappa shape index (κ2) is 8.67. The van der Waals surface area contributed by atoms with Crippen molar-refractivity contribution in [1.82, 2.24) is 10.2 Å². The van der Waals surface area contributed by atoms with Gasteiger partial charge in [0, 0.05) is 18.6 Å². The molecule has 0 bridgehead atoms. The fraction of sp³-hybridized carbons (Fsp3) is 0.300. The number of rotatable bonds is 6. The molecule has 25 heavy (non-hydrogen) atoms. The van der Waals surface area contributed by atoms with Gasteiger partial charge in [-0.1, -0.05) is 53.6 Å². The minimum atomic E-state index is -0.568. The van der Waals surface area contributed by atoms with Crippen molar-refractivity contribution < 1.29 is 9.59 Å². The van der Waals surface area contributed by atoms with E-state index in [0.717, 1.165) is 16.7 Å². The molecular formula is C20H23ClN2O2. The van der Waals surface area contributed by atoms with Crippen LogP contribution in [0.3, 0.4) is 0 Å². The predicted octanol–water partition coefficient (Wildman–Crippen LogP) is 3.35. The summed E-state index contributed by atoms with van der Waals surface area (Å²) in [5, 5.41) is 3.22. The zero-order chi connectivity index (χ0) is 18.4. The fourth-order valence-corrected chi connectivity index (χ4v) is 2.82. The van der Waals surface area contributed by atoms with Crippen LogP contribution in [-0.2, 0) is 22.6 Å². The molecular weight excluding hydrogens is 336 g/mol. The topological polar surface area (TPSA) is 49.4 Å². The van der Waals surface area contributed by atoms with E-state index in [9.17, 15) is 9.59 Å². The highest BCUT2D eigenvalue weighted by atomic mass is 35.5. The molecule has 0 aromatic heterocycles. The van der Waals surface area contributed by atoms with Crippen LogP contribution in [0.15, 0.2) is 48.5 Å². The summed E-state index contributed by atoms with van der Waals surface area (Å²) in [7, 11) is 1.57. The molecule has 1 N–H and O–H groups in total. The van der Waals surface area contributed by atoms with E-state index in [1.54, 1.807) is 24.9 Å². The number of likely N-dealkylation sites (N-methyl/N-ethyl adjacent to an activating group) is 1. The molecule has 0 unspecified atom stereocenters. The summed E-state index contributed by atoms with van der Waals surface area (Å²) in [6.07, 6.45) is 0.252. The van der Waals surface area contributed by atoms with Gasteiger partial charge in [0.05, 0.1) is 6.42 Å². The van der Waals surface area contributed by atoms with Gasteiger partial charge in [0.2, 0.25) is 11.8 Å². The van der Waals surface area contributed by atoms with Crippen LogP contribution in [0.2, 0.25) is 5.02 Å². The van der Waals surface area contributed by atoms with Gasteiger partial charge in [-0.25, -0.2) is 0 Å². The van der Waals surface area contributed by atoms with E-state index in [-0.39, 0.29) is 18.2 Å². The van der Waals surface area contributed by atoms with Crippen LogP contribution in [0.25, 0.3) is 0 Å². The molecule has 0 heterocycles. The molecule has 0 aliphatic carbocycles. The molecule has 1 atom stereocenters. The number of hydrogen-bond acceptors (Lipinski definition) is 2. The molecule has 0 fully saturated rings. The van der Waals surface area contributed by atoms with Crippen molar-refractivity contribution in [2.75, 3.05) is 7.05 Å². The minimum Gasteiger partial charge on any atom is -0.357 e. The second-order valence-corrected chi connectivity index (χ2v) is 6.54. The highest BCUT2D eigenvalue weighted by Gasteiger charge is 2.25. The molecule has 2 aromatic carbocycles. The summed E-state index contributed by atoms with van der Waals surface area (Å²) in [5.41, 5.74) is 2.96. The fourth-order valence-electron chi connectivity index (χ4n) is 2.61. The number of aryl methyl sites for hydroxylation is 1.